The van der Waals surface area contributed by atoms with E-state index in [1.807, 2.05) is 12.1 Å². The highest BCUT2D eigenvalue weighted by Gasteiger charge is 2.32. The summed E-state index contributed by atoms with van der Waals surface area (Å²) in [5.41, 5.74) is 2.55. The third-order valence-corrected chi connectivity index (χ3v) is 6.06. The summed E-state index contributed by atoms with van der Waals surface area (Å²) in [6.45, 7) is 6.70. The Labute approximate surface area is 167 Å². The van der Waals surface area contributed by atoms with Gasteiger partial charge in [-0.25, -0.2) is 0 Å². The maximum absolute atomic E-state index is 13.0. The van der Waals surface area contributed by atoms with E-state index in [4.69, 9.17) is 4.42 Å². The number of hydrogen-bond donors (Lipinski definition) is 1. The van der Waals surface area contributed by atoms with Gasteiger partial charge in [0.15, 0.2) is 0 Å². The molecule has 2 aliphatic rings. The van der Waals surface area contributed by atoms with E-state index in [2.05, 4.69) is 46.3 Å². The Balaban J connectivity index is 1.37. The van der Waals surface area contributed by atoms with Gasteiger partial charge in [0.25, 0.3) is 0 Å². The van der Waals surface area contributed by atoms with Crippen molar-refractivity contribution in [3.8, 4) is 0 Å². The van der Waals surface area contributed by atoms with Gasteiger partial charge >= 0.3 is 0 Å². The largest absolute Gasteiger partial charge is 0.468 e. The van der Waals surface area contributed by atoms with Crippen LogP contribution in [0.4, 0.5) is 0 Å². The van der Waals surface area contributed by atoms with Crippen molar-refractivity contribution in [1.29, 1.82) is 0 Å². The molecule has 2 unspecified atom stereocenters. The second kappa shape index (κ2) is 8.93. The standard InChI is InChI=1S/C23H31N3O2/c1-18-7-4-8-19(15-18)17-26-13-5-9-20(26)23(27)24-16-21(22-10-6-14-28-22)25-11-2-3-12-25/h4,6-8,10,14-15,20-21H,2-3,5,9,11-13,16-17H2,1H3,(H,24,27). The van der Waals surface area contributed by atoms with Gasteiger partial charge in [0, 0.05) is 13.1 Å². The van der Waals surface area contributed by atoms with Crippen LogP contribution in [-0.4, -0.2) is 47.9 Å². The highest BCUT2D eigenvalue weighted by atomic mass is 16.3. The first-order valence-corrected chi connectivity index (χ1v) is 10.6. The van der Waals surface area contributed by atoms with Crippen LogP contribution < -0.4 is 5.32 Å². The summed E-state index contributed by atoms with van der Waals surface area (Å²) < 4.78 is 5.67. The van der Waals surface area contributed by atoms with Crippen LogP contribution in [0.15, 0.2) is 47.1 Å². The average Bonchev–Trinajstić information content (AvgIpc) is 3.45. The number of amides is 1. The zero-order valence-corrected chi connectivity index (χ0v) is 16.8. The zero-order valence-electron chi connectivity index (χ0n) is 16.8. The van der Waals surface area contributed by atoms with Crippen molar-refractivity contribution in [3.05, 3.63) is 59.5 Å². The molecular formula is C23H31N3O2. The highest BCUT2D eigenvalue weighted by Crippen LogP contribution is 2.26. The first-order valence-electron chi connectivity index (χ1n) is 10.6. The van der Waals surface area contributed by atoms with Crippen molar-refractivity contribution in [1.82, 2.24) is 15.1 Å². The van der Waals surface area contributed by atoms with Crippen molar-refractivity contribution in [3.63, 3.8) is 0 Å². The molecule has 1 N–H and O–H groups in total. The molecule has 2 saturated heterocycles. The van der Waals surface area contributed by atoms with Crippen LogP contribution in [0, 0.1) is 6.92 Å². The molecule has 1 aromatic heterocycles. The predicted molar refractivity (Wildman–Crippen MR) is 110 cm³/mol. The van der Waals surface area contributed by atoms with Gasteiger partial charge in [-0.2, -0.15) is 0 Å². The van der Waals surface area contributed by atoms with Crippen molar-refractivity contribution in [2.75, 3.05) is 26.2 Å². The Morgan fingerprint density at radius 1 is 1.18 bits per heavy atom. The van der Waals surface area contributed by atoms with E-state index in [1.165, 1.54) is 24.0 Å². The molecule has 1 aromatic carbocycles. The fraction of sp³-hybridized carbons (Fsp3) is 0.522. The number of carbonyl (C=O) groups excluding carboxylic acids is 1. The molecule has 3 heterocycles. The minimum atomic E-state index is -0.0312. The van der Waals surface area contributed by atoms with Gasteiger partial charge in [0.2, 0.25) is 5.91 Å². The van der Waals surface area contributed by atoms with Gasteiger partial charge in [-0.3, -0.25) is 14.6 Å². The Hall–Kier alpha value is -2.11. The van der Waals surface area contributed by atoms with E-state index in [0.29, 0.717) is 6.54 Å². The molecule has 5 nitrogen and oxygen atoms in total. The number of aryl methyl sites for hydroxylation is 1. The maximum atomic E-state index is 13.0. The van der Waals surface area contributed by atoms with Crippen LogP contribution in [0.2, 0.25) is 0 Å². The van der Waals surface area contributed by atoms with E-state index in [1.54, 1.807) is 6.26 Å². The lowest BCUT2D eigenvalue weighted by atomic mass is 10.1. The van der Waals surface area contributed by atoms with Crippen LogP contribution in [-0.2, 0) is 11.3 Å². The van der Waals surface area contributed by atoms with Gasteiger partial charge < -0.3 is 9.73 Å². The molecule has 1 amide bonds. The Kier molecular flexibility index (Phi) is 6.13. The van der Waals surface area contributed by atoms with Crippen molar-refractivity contribution in [2.24, 2.45) is 0 Å². The van der Waals surface area contributed by atoms with Crippen LogP contribution in [0.1, 0.15) is 48.6 Å². The molecule has 0 saturated carbocycles. The lowest BCUT2D eigenvalue weighted by Gasteiger charge is -2.28. The number of benzene rings is 1. The van der Waals surface area contributed by atoms with Crippen LogP contribution in [0.25, 0.3) is 0 Å². The summed E-state index contributed by atoms with van der Waals surface area (Å²) in [6.07, 6.45) is 6.18. The first kappa shape index (κ1) is 19.2. The number of likely N-dealkylation sites (tertiary alicyclic amines) is 2. The fourth-order valence-electron chi connectivity index (χ4n) is 4.62. The molecule has 0 aliphatic carbocycles. The third kappa shape index (κ3) is 4.47. The molecule has 2 fully saturated rings. The lowest BCUT2D eigenvalue weighted by molar-refractivity contribution is -0.125. The average molecular weight is 382 g/mol. The van der Waals surface area contributed by atoms with Crippen molar-refractivity contribution >= 4 is 5.91 Å². The van der Waals surface area contributed by atoms with Gasteiger partial charge in [0.05, 0.1) is 18.3 Å². The molecule has 2 atom stereocenters. The van der Waals surface area contributed by atoms with E-state index in [9.17, 15) is 4.79 Å². The normalized spacial score (nSPS) is 21.8. The smallest absolute Gasteiger partial charge is 0.237 e. The minimum Gasteiger partial charge on any atom is -0.468 e. The second-order valence-electron chi connectivity index (χ2n) is 8.14. The lowest BCUT2D eigenvalue weighted by Crippen LogP contribution is -2.45. The van der Waals surface area contributed by atoms with Crippen LogP contribution >= 0.6 is 0 Å². The minimum absolute atomic E-state index is 0.0312. The summed E-state index contributed by atoms with van der Waals surface area (Å²) in [5.74, 6) is 1.10. The monoisotopic (exact) mass is 381 g/mol. The molecule has 4 rings (SSSR count). The molecule has 5 heteroatoms. The summed E-state index contributed by atoms with van der Waals surface area (Å²) in [6, 6.07) is 12.6. The van der Waals surface area contributed by atoms with Gasteiger partial charge in [0.1, 0.15) is 5.76 Å². The zero-order chi connectivity index (χ0) is 19.3. The Bertz CT molecular complexity index is 768. The molecule has 0 radical (unpaired) electrons. The van der Waals surface area contributed by atoms with E-state index < -0.39 is 0 Å². The van der Waals surface area contributed by atoms with Crippen LogP contribution in [0.3, 0.4) is 0 Å². The Morgan fingerprint density at radius 3 is 2.79 bits per heavy atom. The first-order chi connectivity index (χ1) is 13.7. The molecule has 0 spiro atoms. The predicted octanol–water partition coefficient (Wildman–Crippen LogP) is 3.51. The quantitative estimate of drug-likeness (QED) is 0.797. The number of carbonyl (C=O) groups is 1. The fourth-order valence-corrected chi connectivity index (χ4v) is 4.62. The summed E-state index contributed by atoms with van der Waals surface area (Å²) >= 11 is 0. The maximum Gasteiger partial charge on any atom is 0.237 e. The van der Waals surface area contributed by atoms with Gasteiger partial charge in [-0.05, 0) is 69.9 Å². The van der Waals surface area contributed by atoms with E-state index in [0.717, 1.165) is 44.8 Å². The molecule has 28 heavy (non-hydrogen) atoms. The van der Waals surface area contributed by atoms with Gasteiger partial charge in [-0.15, -0.1) is 0 Å². The van der Waals surface area contributed by atoms with E-state index in [-0.39, 0.29) is 18.0 Å². The Morgan fingerprint density at radius 2 is 2.04 bits per heavy atom. The van der Waals surface area contributed by atoms with Gasteiger partial charge in [-0.1, -0.05) is 29.8 Å². The SMILES string of the molecule is Cc1cccc(CN2CCCC2C(=O)NCC(c2ccco2)N2CCCC2)c1. The number of nitrogens with one attached hydrogen (secondary N) is 1. The highest BCUT2D eigenvalue weighted by molar-refractivity contribution is 5.82. The molecule has 2 aromatic rings. The molecular weight excluding hydrogens is 350 g/mol. The second-order valence-corrected chi connectivity index (χ2v) is 8.14. The number of furan rings is 1. The van der Waals surface area contributed by atoms with Crippen molar-refractivity contribution < 1.29 is 9.21 Å². The number of rotatable bonds is 7. The number of hydrogen-bond acceptors (Lipinski definition) is 4. The van der Waals surface area contributed by atoms with Crippen molar-refractivity contribution in [2.45, 2.75) is 51.2 Å². The third-order valence-electron chi connectivity index (χ3n) is 6.06. The topological polar surface area (TPSA) is 48.7 Å². The summed E-state index contributed by atoms with van der Waals surface area (Å²) in [7, 11) is 0. The molecule has 150 valence electrons. The summed E-state index contributed by atoms with van der Waals surface area (Å²) in [4.78, 5) is 17.8. The van der Waals surface area contributed by atoms with E-state index >= 15 is 0 Å². The molecule has 2 aliphatic heterocycles. The number of nitrogens with zero attached hydrogens (tertiary/aromatic N) is 2. The molecule has 0 bridgehead atoms. The summed E-state index contributed by atoms with van der Waals surface area (Å²) in [5, 5.41) is 3.23. The van der Waals surface area contributed by atoms with Crippen LogP contribution in [0.5, 0.6) is 0 Å².